The highest BCUT2D eigenvalue weighted by Gasteiger charge is 2.03. The van der Waals surface area contributed by atoms with E-state index in [1.54, 1.807) is 0 Å². The lowest BCUT2D eigenvalue weighted by atomic mass is 10.1. The SMILES string of the molecule is CC(C)N=C(NN)Nc1cccc2ccccc12. The lowest BCUT2D eigenvalue weighted by Gasteiger charge is -2.12. The van der Waals surface area contributed by atoms with Crippen LogP contribution < -0.4 is 16.6 Å². The molecule has 2 rings (SSSR count). The third kappa shape index (κ3) is 2.78. The molecule has 0 spiro atoms. The van der Waals surface area contributed by atoms with Crippen molar-refractivity contribution in [1.29, 1.82) is 0 Å². The molecule has 18 heavy (non-hydrogen) atoms. The molecule has 0 aliphatic heterocycles. The van der Waals surface area contributed by atoms with Gasteiger partial charge in [-0.1, -0.05) is 36.4 Å². The van der Waals surface area contributed by atoms with Crippen molar-refractivity contribution in [2.75, 3.05) is 5.32 Å². The fourth-order valence-electron chi connectivity index (χ4n) is 1.83. The Bertz CT molecular complexity index is 555. The molecule has 0 fully saturated rings. The van der Waals surface area contributed by atoms with Gasteiger partial charge in [-0.3, -0.25) is 5.43 Å². The fourth-order valence-corrected chi connectivity index (χ4v) is 1.83. The summed E-state index contributed by atoms with van der Waals surface area (Å²) in [5, 5.41) is 5.55. The van der Waals surface area contributed by atoms with Gasteiger partial charge in [0, 0.05) is 17.1 Å². The summed E-state index contributed by atoms with van der Waals surface area (Å²) < 4.78 is 0. The Morgan fingerprint density at radius 2 is 1.83 bits per heavy atom. The second-order valence-corrected chi connectivity index (χ2v) is 4.37. The van der Waals surface area contributed by atoms with Crippen LogP contribution in [0.3, 0.4) is 0 Å². The maximum absolute atomic E-state index is 5.47. The minimum Gasteiger partial charge on any atom is -0.325 e. The van der Waals surface area contributed by atoms with Gasteiger partial charge in [0.1, 0.15) is 0 Å². The van der Waals surface area contributed by atoms with Gasteiger partial charge in [-0.25, -0.2) is 10.8 Å². The highest BCUT2D eigenvalue weighted by molar-refractivity contribution is 6.03. The van der Waals surface area contributed by atoms with Gasteiger partial charge in [-0.2, -0.15) is 0 Å². The Morgan fingerprint density at radius 3 is 2.56 bits per heavy atom. The molecule has 2 aromatic rings. The molecule has 4 heteroatoms. The number of nitrogens with two attached hydrogens (primary N) is 1. The summed E-state index contributed by atoms with van der Waals surface area (Å²) in [6.07, 6.45) is 0. The van der Waals surface area contributed by atoms with Crippen molar-refractivity contribution in [1.82, 2.24) is 5.43 Å². The summed E-state index contributed by atoms with van der Waals surface area (Å²) in [4.78, 5) is 4.37. The molecular formula is C14H18N4. The molecule has 0 heterocycles. The number of anilines is 1. The summed E-state index contributed by atoms with van der Waals surface area (Å²) in [7, 11) is 0. The van der Waals surface area contributed by atoms with Gasteiger partial charge in [0.05, 0.1) is 0 Å². The van der Waals surface area contributed by atoms with E-state index in [2.05, 4.69) is 33.9 Å². The maximum Gasteiger partial charge on any atom is 0.210 e. The first-order valence-corrected chi connectivity index (χ1v) is 6.00. The van der Waals surface area contributed by atoms with Crippen molar-refractivity contribution in [2.45, 2.75) is 19.9 Å². The first-order valence-electron chi connectivity index (χ1n) is 6.00. The van der Waals surface area contributed by atoms with E-state index >= 15 is 0 Å². The largest absolute Gasteiger partial charge is 0.325 e. The lowest BCUT2D eigenvalue weighted by Crippen LogP contribution is -2.37. The smallest absolute Gasteiger partial charge is 0.210 e. The summed E-state index contributed by atoms with van der Waals surface area (Å²) in [5.41, 5.74) is 3.58. The Balaban J connectivity index is 2.37. The average molecular weight is 242 g/mol. The number of aliphatic imine (C=N–C) groups is 1. The van der Waals surface area contributed by atoms with E-state index in [0.717, 1.165) is 11.1 Å². The monoisotopic (exact) mass is 242 g/mol. The molecule has 4 nitrogen and oxygen atoms in total. The molecule has 0 unspecified atom stereocenters. The van der Waals surface area contributed by atoms with Crippen LogP contribution in [0.4, 0.5) is 5.69 Å². The van der Waals surface area contributed by atoms with Crippen molar-refractivity contribution < 1.29 is 0 Å². The Labute approximate surface area is 107 Å². The van der Waals surface area contributed by atoms with E-state index in [0.29, 0.717) is 5.96 Å². The van der Waals surface area contributed by atoms with Crippen molar-refractivity contribution in [2.24, 2.45) is 10.8 Å². The number of nitrogens with zero attached hydrogens (tertiary/aromatic N) is 1. The zero-order valence-corrected chi connectivity index (χ0v) is 10.6. The zero-order chi connectivity index (χ0) is 13.0. The number of nitrogens with one attached hydrogen (secondary N) is 2. The summed E-state index contributed by atoms with van der Waals surface area (Å²) in [6, 6.07) is 14.5. The van der Waals surface area contributed by atoms with Gasteiger partial charge in [0.2, 0.25) is 5.96 Å². The third-order valence-electron chi connectivity index (χ3n) is 2.57. The quantitative estimate of drug-likeness (QED) is 0.328. The predicted molar refractivity (Wildman–Crippen MR) is 77.5 cm³/mol. The van der Waals surface area contributed by atoms with Crippen LogP contribution in [0.2, 0.25) is 0 Å². The van der Waals surface area contributed by atoms with Crippen molar-refractivity contribution >= 4 is 22.4 Å². The van der Waals surface area contributed by atoms with Gasteiger partial charge in [0.15, 0.2) is 0 Å². The van der Waals surface area contributed by atoms with Crippen LogP contribution in [-0.2, 0) is 0 Å². The van der Waals surface area contributed by atoms with Crippen molar-refractivity contribution in [3.63, 3.8) is 0 Å². The van der Waals surface area contributed by atoms with Gasteiger partial charge in [0.25, 0.3) is 0 Å². The highest BCUT2D eigenvalue weighted by Crippen LogP contribution is 2.22. The van der Waals surface area contributed by atoms with Crippen LogP contribution in [0.15, 0.2) is 47.5 Å². The number of benzene rings is 2. The molecule has 0 amide bonds. The number of guanidine groups is 1. The van der Waals surface area contributed by atoms with E-state index in [9.17, 15) is 0 Å². The molecule has 0 atom stereocenters. The van der Waals surface area contributed by atoms with Crippen molar-refractivity contribution in [3.8, 4) is 0 Å². The number of hydrazine groups is 1. The Kier molecular flexibility index (Phi) is 3.79. The van der Waals surface area contributed by atoms with Crippen molar-refractivity contribution in [3.05, 3.63) is 42.5 Å². The van der Waals surface area contributed by atoms with Crippen LogP contribution in [0.25, 0.3) is 10.8 Å². The number of hydrogen-bond donors (Lipinski definition) is 3. The molecule has 4 N–H and O–H groups in total. The van der Waals surface area contributed by atoms with Crippen LogP contribution in [0.1, 0.15) is 13.8 Å². The van der Waals surface area contributed by atoms with E-state index < -0.39 is 0 Å². The molecule has 0 radical (unpaired) electrons. The predicted octanol–water partition coefficient (Wildman–Crippen LogP) is 2.48. The molecule has 0 saturated heterocycles. The first kappa shape index (κ1) is 12.4. The van der Waals surface area contributed by atoms with E-state index in [1.807, 2.05) is 38.1 Å². The van der Waals surface area contributed by atoms with Gasteiger partial charge in [-0.15, -0.1) is 0 Å². The topological polar surface area (TPSA) is 62.4 Å². The Morgan fingerprint density at radius 1 is 1.11 bits per heavy atom. The van der Waals surface area contributed by atoms with E-state index in [4.69, 9.17) is 5.84 Å². The summed E-state index contributed by atoms with van der Waals surface area (Å²) in [5.74, 6) is 6.04. The van der Waals surface area contributed by atoms with Crippen LogP contribution in [0, 0.1) is 0 Å². The third-order valence-corrected chi connectivity index (χ3v) is 2.57. The van der Waals surface area contributed by atoms with Gasteiger partial charge >= 0.3 is 0 Å². The molecule has 94 valence electrons. The first-order chi connectivity index (χ1) is 8.70. The normalized spacial score (nSPS) is 11.9. The fraction of sp³-hybridized carbons (Fsp3) is 0.214. The van der Waals surface area contributed by atoms with Crippen LogP contribution in [-0.4, -0.2) is 12.0 Å². The van der Waals surface area contributed by atoms with Crippen LogP contribution in [0.5, 0.6) is 0 Å². The molecule has 0 aliphatic rings. The highest BCUT2D eigenvalue weighted by atomic mass is 15.3. The number of hydrogen-bond acceptors (Lipinski definition) is 2. The summed E-state index contributed by atoms with van der Waals surface area (Å²) >= 11 is 0. The second kappa shape index (κ2) is 5.51. The molecular weight excluding hydrogens is 224 g/mol. The number of fused-ring (bicyclic) bond motifs is 1. The Hall–Kier alpha value is -2.07. The maximum atomic E-state index is 5.47. The minimum absolute atomic E-state index is 0.179. The zero-order valence-electron chi connectivity index (χ0n) is 10.6. The van der Waals surface area contributed by atoms with Gasteiger partial charge in [-0.05, 0) is 25.3 Å². The lowest BCUT2D eigenvalue weighted by molar-refractivity contribution is 0.819. The molecule has 0 saturated carbocycles. The second-order valence-electron chi connectivity index (χ2n) is 4.37. The molecule has 0 bridgehead atoms. The van der Waals surface area contributed by atoms with E-state index in [1.165, 1.54) is 5.39 Å². The summed E-state index contributed by atoms with van der Waals surface area (Å²) in [6.45, 7) is 4.00. The molecule has 2 aromatic carbocycles. The minimum atomic E-state index is 0.179. The molecule has 0 aliphatic carbocycles. The number of rotatable bonds is 2. The van der Waals surface area contributed by atoms with Crippen LogP contribution >= 0.6 is 0 Å². The average Bonchev–Trinajstić information content (AvgIpc) is 2.38. The standard InChI is InChI=1S/C14H18N4/c1-10(2)16-14(18-15)17-13-9-5-7-11-6-3-4-8-12(11)13/h3-10H,15H2,1-2H3,(H2,16,17,18). The van der Waals surface area contributed by atoms with Gasteiger partial charge < -0.3 is 5.32 Å². The van der Waals surface area contributed by atoms with E-state index in [-0.39, 0.29) is 6.04 Å². The molecule has 0 aromatic heterocycles.